The molecule has 0 saturated carbocycles. The first-order valence-electron chi connectivity index (χ1n) is 4.41. The fourth-order valence-electron chi connectivity index (χ4n) is 1.33. The molecule has 15 heavy (non-hydrogen) atoms. The summed E-state index contributed by atoms with van der Waals surface area (Å²) in [6, 6.07) is 4.84. The molecule has 1 aliphatic rings. The van der Waals surface area contributed by atoms with Crippen molar-refractivity contribution in [3.63, 3.8) is 0 Å². The maximum absolute atomic E-state index is 11.5. The molecule has 1 amide bonds. The zero-order valence-electron chi connectivity index (χ0n) is 8.11. The lowest BCUT2D eigenvalue weighted by atomic mass is 10.1. The van der Waals surface area contributed by atoms with Crippen molar-refractivity contribution in [3.8, 4) is 5.75 Å². The van der Waals surface area contributed by atoms with Gasteiger partial charge in [0.05, 0.1) is 5.69 Å². The van der Waals surface area contributed by atoms with Crippen LogP contribution in [-0.2, 0) is 9.59 Å². The predicted octanol–water partition coefficient (Wildman–Crippen LogP) is 0.557. The maximum Gasteiger partial charge on any atom is 0.275 e. The average Bonchev–Trinajstić information content (AvgIpc) is 2.20. The number of carbonyl (C=O) groups is 2. The van der Waals surface area contributed by atoms with Gasteiger partial charge in [0.2, 0.25) is 5.60 Å². The Balaban J connectivity index is 2.47. The molecule has 1 heterocycles. The second-order valence-corrected chi connectivity index (χ2v) is 3.54. The number of hydrogen-bond acceptors (Lipinski definition) is 4. The van der Waals surface area contributed by atoms with Crippen molar-refractivity contribution in [3.05, 3.63) is 18.2 Å². The van der Waals surface area contributed by atoms with Crippen LogP contribution in [0.2, 0.25) is 0 Å². The Morgan fingerprint density at radius 3 is 2.93 bits per heavy atom. The molecular weight excluding hydrogens is 196 g/mol. The largest absolute Gasteiger partial charge is 0.468 e. The molecule has 3 N–H and O–H groups in total. The van der Waals surface area contributed by atoms with Crippen LogP contribution in [-0.4, -0.2) is 17.8 Å². The molecule has 1 atom stereocenters. The van der Waals surface area contributed by atoms with E-state index in [2.05, 4.69) is 5.32 Å². The highest BCUT2D eigenvalue weighted by atomic mass is 16.5. The molecule has 1 unspecified atom stereocenters. The predicted molar refractivity (Wildman–Crippen MR) is 54.6 cm³/mol. The van der Waals surface area contributed by atoms with E-state index >= 15 is 0 Å². The number of fused-ring (bicyclic) bond motifs is 1. The van der Waals surface area contributed by atoms with Crippen LogP contribution in [0.4, 0.5) is 11.4 Å². The number of carbonyl (C=O) groups excluding carboxylic acids is 2. The SMILES string of the molecule is CC1(C=O)Oc2ccc(N)cc2NC1=O. The van der Waals surface area contributed by atoms with Gasteiger partial charge in [-0.2, -0.15) is 0 Å². The van der Waals surface area contributed by atoms with Crippen molar-refractivity contribution in [1.82, 2.24) is 0 Å². The molecule has 0 spiro atoms. The maximum atomic E-state index is 11.5. The third-order valence-corrected chi connectivity index (χ3v) is 2.25. The topological polar surface area (TPSA) is 81.4 Å². The van der Waals surface area contributed by atoms with Gasteiger partial charge in [-0.3, -0.25) is 9.59 Å². The molecule has 2 rings (SSSR count). The van der Waals surface area contributed by atoms with E-state index in [1.54, 1.807) is 18.2 Å². The summed E-state index contributed by atoms with van der Waals surface area (Å²) in [6.07, 6.45) is 0.474. The molecule has 5 heteroatoms. The van der Waals surface area contributed by atoms with E-state index in [9.17, 15) is 9.59 Å². The van der Waals surface area contributed by atoms with Gasteiger partial charge < -0.3 is 15.8 Å². The highest BCUT2D eigenvalue weighted by Gasteiger charge is 2.39. The summed E-state index contributed by atoms with van der Waals surface area (Å²) in [6.45, 7) is 1.41. The van der Waals surface area contributed by atoms with Crippen molar-refractivity contribution in [2.75, 3.05) is 11.1 Å². The second kappa shape index (κ2) is 2.98. The van der Waals surface area contributed by atoms with Gasteiger partial charge in [-0.05, 0) is 25.1 Å². The lowest BCUT2D eigenvalue weighted by molar-refractivity contribution is -0.138. The van der Waals surface area contributed by atoms with E-state index in [0.717, 1.165) is 0 Å². The molecule has 0 radical (unpaired) electrons. The number of aldehydes is 1. The van der Waals surface area contributed by atoms with Crippen molar-refractivity contribution in [1.29, 1.82) is 0 Å². The van der Waals surface area contributed by atoms with Crippen LogP contribution in [0.3, 0.4) is 0 Å². The Morgan fingerprint density at radius 1 is 1.53 bits per heavy atom. The van der Waals surface area contributed by atoms with Crippen LogP contribution >= 0.6 is 0 Å². The summed E-state index contributed by atoms with van der Waals surface area (Å²) in [4.78, 5) is 22.3. The van der Waals surface area contributed by atoms with Crippen LogP contribution in [0.25, 0.3) is 0 Å². The molecule has 0 saturated heterocycles. The Morgan fingerprint density at radius 2 is 2.27 bits per heavy atom. The van der Waals surface area contributed by atoms with Gasteiger partial charge in [0, 0.05) is 5.69 Å². The van der Waals surface area contributed by atoms with E-state index < -0.39 is 11.5 Å². The van der Waals surface area contributed by atoms with Crippen molar-refractivity contribution in [2.45, 2.75) is 12.5 Å². The highest BCUT2D eigenvalue weighted by molar-refractivity contribution is 6.10. The smallest absolute Gasteiger partial charge is 0.275 e. The first-order valence-corrected chi connectivity index (χ1v) is 4.41. The van der Waals surface area contributed by atoms with Gasteiger partial charge in [-0.1, -0.05) is 0 Å². The fourth-order valence-corrected chi connectivity index (χ4v) is 1.33. The molecule has 0 aliphatic carbocycles. The molecule has 0 fully saturated rings. The number of nitrogen functional groups attached to an aromatic ring is 1. The summed E-state index contributed by atoms with van der Waals surface area (Å²) in [5, 5.41) is 2.57. The van der Waals surface area contributed by atoms with E-state index in [1.165, 1.54) is 6.92 Å². The molecule has 0 bridgehead atoms. The van der Waals surface area contributed by atoms with Crippen molar-refractivity contribution in [2.24, 2.45) is 0 Å². The van der Waals surface area contributed by atoms with Crippen LogP contribution in [0.15, 0.2) is 18.2 Å². The number of benzene rings is 1. The number of amides is 1. The summed E-state index contributed by atoms with van der Waals surface area (Å²) in [5.41, 5.74) is 5.10. The lowest BCUT2D eigenvalue weighted by Crippen LogP contribution is -2.49. The minimum absolute atomic E-state index is 0.443. The quantitative estimate of drug-likeness (QED) is 0.399. The minimum Gasteiger partial charge on any atom is -0.468 e. The number of rotatable bonds is 1. The van der Waals surface area contributed by atoms with Crippen LogP contribution in [0.1, 0.15) is 6.92 Å². The summed E-state index contributed by atoms with van der Waals surface area (Å²) in [5.74, 6) is -0.0472. The molecular formula is C10H10N2O3. The first kappa shape index (κ1) is 9.51. The van der Waals surface area contributed by atoms with Crippen LogP contribution in [0, 0.1) is 0 Å². The van der Waals surface area contributed by atoms with Crippen molar-refractivity contribution < 1.29 is 14.3 Å². The van der Waals surface area contributed by atoms with Crippen molar-refractivity contribution >= 4 is 23.6 Å². The molecule has 1 aromatic carbocycles. The number of anilines is 2. The van der Waals surface area contributed by atoms with Gasteiger partial charge in [0.1, 0.15) is 5.75 Å². The Kier molecular flexibility index (Phi) is 1.89. The highest BCUT2D eigenvalue weighted by Crippen LogP contribution is 2.34. The molecule has 0 aromatic heterocycles. The molecule has 1 aliphatic heterocycles. The van der Waals surface area contributed by atoms with E-state index in [4.69, 9.17) is 10.5 Å². The van der Waals surface area contributed by atoms with E-state index in [0.29, 0.717) is 23.4 Å². The molecule has 78 valence electrons. The van der Waals surface area contributed by atoms with Crippen LogP contribution < -0.4 is 15.8 Å². The van der Waals surface area contributed by atoms with Gasteiger partial charge >= 0.3 is 0 Å². The lowest BCUT2D eigenvalue weighted by Gasteiger charge is -2.30. The summed E-state index contributed by atoms with van der Waals surface area (Å²) in [7, 11) is 0. The van der Waals surface area contributed by atoms with Gasteiger partial charge in [-0.15, -0.1) is 0 Å². The Labute approximate surface area is 86.2 Å². The molecule has 5 nitrogen and oxygen atoms in total. The minimum atomic E-state index is -1.46. The monoisotopic (exact) mass is 206 g/mol. The van der Waals surface area contributed by atoms with E-state index in [1.807, 2.05) is 0 Å². The third-order valence-electron chi connectivity index (χ3n) is 2.25. The fraction of sp³-hybridized carbons (Fsp3) is 0.200. The van der Waals surface area contributed by atoms with E-state index in [-0.39, 0.29) is 0 Å². The first-order chi connectivity index (χ1) is 7.05. The zero-order valence-corrected chi connectivity index (χ0v) is 8.11. The molecule has 1 aromatic rings. The number of nitrogens with two attached hydrogens (primary N) is 1. The Hall–Kier alpha value is -2.04. The number of nitrogens with one attached hydrogen (secondary N) is 1. The van der Waals surface area contributed by atoms with Gasteiger partial charge in [-0.25, -0.2) is 0 Å². The second-order valence-electron chi connectivity index (χ2n) is 3.54. The zero-order chi connectivity index (χ0) is 11.1. The number of ether oxygens (including phenoxy) is 1. The normalized spacial score (nSPS) is 23.7. The van der Waals surface area contributed by atoms with Gasteiger partial charge in [0.15, 0.2) is 6.29 Å². The number of hydrogen-bond donors (Lipinski definition) is 2. The van der Waals surface area contributed by atoms with Gasteiger partial charge in [0.25, 0.3) is 5.91 Å². The average molecular weight is 206 g/mol. The standard InChI is InChI=1S/C10H10N2O3/c1-10(5-13)9(14)12-7-4-6(11)2-3-8(7)15-10/h2-5H,11H2,1H3,(H,12,14). The Bertz CT molecular complexity index is 444. The summed E-state index contributed by atoms with van der Waals surface area (Å²) < 4.78 is 5.30. The third kappa shape index (κ3) is 1.41. The van der Waals surface area contributed by atoms with Crippen LogP contribution in [0.5, 0.6) is 5.75 Å². The summed E-state index contributed by atoms with van der Waals surface area (Å²) >= 11 is 0.